The second-order valence-electron chi connectivity index (χ2n) is 5.51. The largest absolute Gasteiger partial charge is 0.496 e. The Morgan fingerprint density at radius 3 is 2.64 bits per heavy atom. The molecule has 0 spiro atoms. The van der Waals surface area contributed by atoms with Crippen LogP contribution in [0.25, 0.3) is 0 Å². The summed E-state index contributed by atoms with van der Waals surface area (Å²) in [7, 11) is 3.45. The van der Waals surface area contributed by atoms with Crippen LogP contribution in [0, 0.1) is 20.8 Å². The Hall–Kier alpha value is -1.42. The van der Waals surface area contributed by atoms with E-state index in [1.807, 2.05) is 27.0 Å². The minimum Gasteiger partial charge on any atom is -0.496 e. The second-order valence-corrected chi connectivity index (χ2v) is 6.57. The summed E-state index contributed by atoms with van der Waals surface area (Å²) in [5.41, 5.74) is 4.16. The van der Waals surface area contributed by atoms with Crippen molar-refractivity contribution >= 4 is 41.3 Å². The summed E-state index contributed by atoms with van der Waals surface area (Å²) < 4.78 is 5.45. The molecule has 2 heterocycles. The van der Waals surface area contributed by atoms with Crippen LogP contribution in [0.3, 0.4) is 0 Å². The van der Waals surface area contributed by atoms with Crippen LogP contribution in [0.5, 0.6) is 5.75 Å². The van der Waals surface area contributed by atoms with Gasteiger partial charge in [0.1, 0.15) is 5.75 Å². The quantitative estimate of drug-likeness (QED) is 0.382. The summed E-state index contributed by atoms with van der Waals surface area (Å²) in [6.07, 6.45) is 2.71. The van der Waals surface area contributed by atoms with E-state index in [-0.39, 0.29) is 24.0 Å². The minimum atomic E-state index is 0. The zero-order valence-corrected chi connectivity index (χ0v) is 18.5. The van der Waals surface area contributed by atoms with Gasteiger partial charge in [-0.15, -0.1) is 35.3 Å². The lowest BCUT2D eigenvalue weighted by molar-refractivity contribution is 0.406. The predicted molar refractivity (Wildman–Crippen MR) is 114 cm³/mol. The molecule has 0 aromatic carbocycles. The molecule has 0 aliphatic heterocycles. The molecule has 0 aliphatic carbocycles. The second kappa shape index (κ2) is 10.5. The molecule has 8 heteroatoms. The molecule has 0 radical (unpaired) electrons. The number of pyridine rings is 1. The number of rotatable bonds is 6. The van der Waals surface area contributed by atoms with Crippen LogP contribution in [0.1, 0.15) is 27.5 Å². The fourth-order valence-electron chi connectivity index (χ4n) is 2.47. The summed E-state index contributed by atoms with van der Waals surface area (Å²) in [6, 6.07) is 0. The van der Waals surface area contributed by atoms with Crippen LogP contribution in [-0.2, 0) is 13.0 Å². The van der Waals surface area contributed by atoms with E-state index in [0.29, 0.717) is 6.54 Å². The normalized spacial score (nSPS) is 11.0. The standard InChI is InChI=1S/C17H25N5OS.HI/c1-11-8-20-15(12(2)16(11)23-5)9-21-17(18-4)19-7-6-14-10-24-13(3)22-14;/h8,10H,6-7,9H2,1-5H3,(H2,18,19,21);1H. The predicted octanol–water partition coefficient (Wildman–Crippen LogP) is 3.00. The molecule has 2 aromatic heterocycles. The fourth-order valence-corrected chi connectivity index (χ4v) is 3.12. The van der Waals surface area contributed by atoms with Crippen molar-refractivity contribution in [2.75, 3.05) is 20.7 Å². The fraction of sp³-hybridized carbons (Fsp3) is 0.471. The lowest BCUT2D eigenvalue weighted by Gasteiger charge is -2.15. The lowest BCUT2D eigenvalue weighted by Crippen LogP contribution is -2.38. The van der Waals surface area contributed by atoms with Gasteiger partial charge in [0.15, 0.2) is 5.96 Å². The van der Waals surface area contributed by atoms with Crippen molar-refractivity contribution in [3.63, 3.8) is 0 Å². The number of halogens is 1. The van der Waals surface area contributed by atoms with Crippen molar-refractivity contribution in [3.8, 4) is 5.75 Å². The van der Waals surface area contributed by atoms with Crippen LogP contribution in [0.4, 0.5) is 0 Å². The third kappa shape index (κ3) is 6.10. The smallest absolute Gasteiger partial charge is 0.191 e. The Bertz CT molecular complexity index is 717. The molecule has 0 atom stereocenters. The third-order valence-corrected chi connectivity index (χ3v) is 4.56. The van der Waals surface area contributed by atoms with Crippen molar-refractivity contribution in [1.29, 1.82) is 0 Å². The zero-order chi connectivity index (χ0) is 17.5. The van der Waals surface area contributed by atoms with Crippen molar-refractivity contribution in [3.05, 3.63) is 39.1 Å². The van der Waals surface area contributed by atoms with Crippen molar-refractivity contribution in [2.24, 2.45) is 4.99 Å². The number of guanidine groups is 1. The molecule has 6 nitrogen and oxygen atoms in total. The highest BCUT2D eigenvalue weighted by atomic mass is 127. The van der Waals surface area contributed by atoms with Gasteiger partial charge in [-0.25, -0.2) is 4.98 Å². The van der Waals surface area contributed by atoms with Gasteiger partial charge in [-0.1, -0.05) is 0 Å². The average molecular weight is 475 g/mol. The number of nitrogens with zero attached hydrogens (tertiary/aromatic N) is 3. The van der Waals surface area contributed by atoms with Gasteiger partial charge in [0, 0.05) is 42.7 Å². The lowest BCUT2D eigenvalue weighted by atomic mass is 10.1. The van der Waals surface area contributed by atoms with E-state index >= 15 is 0 Å². The molecule has 0 bridgehead atoms. The maximum Gasteiger partial charge on any atom is 0.191 e. The molecular formula is C17H26IN5OS. The van der Waals surface area contributed by atoms with Gasteiger partial charge in [-0.3, -0.25) is 9.98 Å². The van der Waals surface area contributed by atoms with Crippen LogP contribution in [0.15, 0.2) is 16.6 Å². The molecule has 0 amide bonds. The number of hydrogen-bond acceptors (Lipinski definition) is 5. The van der Waals surface area contributed by atoms with E-state index in [2.05, 4.69) is 31.0 Å². The maximum atomic E-state index is 5.45. The number of ether oxygens (including phenoxy) is 1. The highest BCUT2D eigenvalue weighted by Gasteiger charge is 2.10. The Kier molecular flexibility index (Phi) is 9.12. The van der Waals surface area contributed by atoms with Crippen molar-refractivity contribution in [2.45, 2.75) is 33.7 Å². The number of aryl methyl sites for hydroxylation is 2. The van der Waals surface area contributed by atoms with Crippen LogP contribution >= 0.6 is 35.3 Å². The molecule has 0 unspecified atom stereocenters. The molecule has 0 saturated carbocycles. The van der Waals surface area contributed by atoms with E-state index in [9.17, 15) is 0 Å². The molecule has 0 fully saturated rings. The number of nitrogens with one attached hydrogen (secondary N) is 2. The van der Waals surface area contributed by atoms with Gasteiger partial charge < -0.3 is 15.4 Å². The van der Waals surface area contributed by atoms with Gasteiger partial charge in [-0.2, -0.15) is 0 Å². The van der Waals surface area contributed by atoms with Gasteiger partial charge >= 0.3 is 0 Å². The SMILES string of the molecule is CN=C(NCCc1csc(C)n1)NCc1ncc(C)c(OC)c1C.I. The summed E-state index contributed by atoms with van der Waals surface area (Å²) in [5.74, 6) is 1.64. The van der Waals surface area contributed by atoms with Gasteiger partial charge in [0.25, 0.3) is 0 Å². The van der Waals surface area contributed by atoms with Gasteiger partial charge in [0.2, 0.25) is 0 Å². The first-order chi connectivity index (χ1) is 11.5. The molecular weight excluding hydrogens is 449 g/mol. The first-order valence-corrected chi connectivity index (χ1v) is 8.77. The summed E-state index contributed by atoms with van der Waals surface area (Å²) in [4.78, 5) is 13.2. The Morgan fingerprint density at radius 2 is 2.04 bits per heavy atom. The van der Waals surface area contributed by atoms with Crippen molar-refractivity contribution < 1.29 is 4.74 Å². The highest BCUT2D eigenvalue weighted by Crippen LogP contribution is 2.23. The first-order valence-electron chi connectivity index (χ1n) is 7.89. The van der Waals surface area contributed by atoms with Crippen molar-refractivity contribution in [1.82, 2.24) is 20.6 Å². The average Bonchev–Trinajstić information content (AvgIpc) is 2.98. The number of aromatic nitrogens is 2. The number of hydrogen-bond donors (Lipinski definition) is 2. The minimum absolute atomic E-state index is 0. The van der Waals surface area contributed by atoms with Crippen LogP contribution in [-0.4, -0.2) is 36.6 Å². The van der Waals surface area contributed by atoms with E-state index in [1.165, 1.54) is 0 Å². The monoisotopic (exact) mass is 475 g/mol. The Labute approximate surface area is 170 Å². The molecule has 25 heavy (non-hydrogen) atoms. The summed E-state index contributed by atoms with van der Waals surface area (Å²) >= 11 is 1.68. The molecule has 138 valence electrons. The summed E-state index contributed by atoms with van der Waals surface area (Å²) in [5, 5.41) is 9.79. The molecule has 2 rings (SSSR count). The first kappa shape index (κ1) is 21.6. The number of methoxy groups -OCH3 is 1. The highest BCUT2D eigenvalue weighted by molar-refractivity contribution is 14.0. The maximum absolute atomic E-state index is 5.45. The van der Waals surface area contributed by atoms with E-state index in [1.54, 1.807) is 25.5 Å². The van der Waals surface area contributed by atoms with Crippen LogP contribution < -0.4 is 15.4 Å². The molecule has 0 saturated heterocycles. The van der Waals surface area contributed by atoms with Crippen LogP contribution in [0.2, 0.25) is 0 Å². The summed E-state index contributed by atoms with van der Waals surface area (Å²) in [6.45, 7) is 7.42. The topological polar surface area (TPSA) is 71.4 Å². The van der Waals surface area contributed by atoms with Gasteiger partial charge in [0.05, 0.1) is 30.1 Å². The molecule has 2 aromatic rings. The zero-order valence-electron chi connectivity index (χ0n) is 15.3. The van der Waals surface area contributed by atoms with E-state index < -0.39 is 0 Å². The van der Waals surface area contributed by atoms with E-state index in [0.717, 1.165) is 52.2 Å². The third-order valence-electron chi connectivity index (χ3n) is 3.74. The Balaban J connectivity index is 0.00000312. The molecule has 2 N–H and O–H groups in total. The van der Waals surface area contributed by atoms with E-state index in [4.69, 9.17) is 4.74 Å². The Morgan fingerprint density at radius 1 is 1.28 bits per heavy atom. The molecule has 0 aliphatic rings. The number of aliphatic imine (C=N–C) groups is 1. The van der Waals surface area contributed by atoms with Gasteiger partial charge in [-0.05, 0) is 20.8 Å². The number of thiazole rings is 1.